The molecule has 0 aliphatic carbocycles. The Morgan fingerprint density at radius 2 is 2.09 bits per heavy atom. The average Bonchev–Trinajstić information content (AvgIpc) is 2.96. The number of hydrogen-bond donors (Lipinski definition) is 1. The van der Waals surface area contributed by atoms with Crippen LogP contribution in [0.2, 0.25) is 5.02 Å². The van der Waals surface area contributed by atoms with Crippen LogP contribution < -0.4 is 5.32 Å². The number of rotatable bonds is 5. The number of halogens is 1. The minimum absolute atomic E-state index is 0.214. The average molecular weight is 331 g/mol. The van der Waals surface area contributed by atoms with E-state index < -0.39 is 0 Å². The molecule has 7 heteroatoms. The summed E-state index contributed by atoms with van der Waals surface area (Å²) < 4.78 is 5.02. The summed E-state index contributed by atoms with van der Waals surface area (Å²) in [7, 11) is 0. The molecule has 1 N–H and O–H groups in total. The zero-order chi connectivity index (χ0) is 16.2. The number of amides is 1. The highest BCUT2D eigenvalue weighted by Crippen LogP contribution is 2.17. The van der Waals surface area contributed by atoms with E-state index in [1.807, 2.05) is 12.1 Å². The molecule has 0 bridgehead atoms. The van der Waals surface area contributed by atoms with Crippen LogP contribution in [0, 0.1) is 6.92 Å². The standard InChI is InChI=1S/C16H15ClN4O2/c1-10-19-15(23-21-10)3-2-8-18-16(22)13-7-5-11-4-6-12(17)9-14(11)20-13/h4-7,9H,2-3,8H2,1H3,(H,18,22). The van der Waals surface area contributed by atoms with E-state index in [4.69, 9.17) is 16.1 Å². The molecule has 0 aliphatic heterocycles. The SMILES string of the molecule is Cc1noc(CCCNC(=O)c2ccc3ccc(Cl)cc3n2)n1. The summed E-state index contributed by atoms with van der Waals surface area (Å²) in [6.07, 6.45) is 1.34. The Hall–Kier alpha value is -2.47. The van der Waals surface area contributed by atoms with Crippen molar-refractivity contribution in [3.8, 4) is 0 Å². The van der Waals surface area contributed by atoms with E-state index >= 15 is 0 Å². The zero-order valence-electron chi connectivity index (χ0n) is 12.5. The molecular formula is C16H15ClN4O2. The van der Waals surface area contributed by atoms with Crippen molar-refractivity contribution in [3.63, 3.8) is 0 Å². The van der Waals surface area contributed by atoms with Gasteiger partial charge in [0.05, 0.1) is 5.52 Å². The van der Waals surface area contributed by atoms with Crippen LogP contribution >= 0.6 is 11.6 Å². The molecule has 6 nitrogen and oxygen atoms in total. The highest BCUT2D eigenvalue weighted by molar-refractivity contribution is 6.31. The maximum atomic E-state index is 12.1. The first kappa shape index (κ1) is 15.4. The Labute approximate surface area is 137 Å². The fraction of sp³-hybridized carbons (Fsp3) is 0.250. The fourth-order valence-corrected chi connectivity index (χ4v) is 2.36. The van der Waals surface area contributed by atoms with Gasteiger partial charge in [0.2, 0.25) is 5.89 Å². The van der Waals surface area contributed by atoms with Gasteiger partial charge in [-0.1, -0.05) is 28.9 Å². The van der Waals surface area contributed by atoms with Crippen molar-refractivity contribution in [1.29, 1.82) is 0 Å². The third kappa shape index (κ3) is 3.84. The van der Waals surface area contributed by atoms with Gasteiger partial charge in [-0.15, -0.1) is 0 Å². The van der Waals surface area contributed by atoms with Crippen molar-refractivity contribution in [3.05, 3.63) is 52.8 Å². The van der Waals surface area contributed by atoms with Gasteiger partial charge in [-0.25, -0.2) is 4.98 Å². The van der Waals surface area contributed by atoms with Gasteiger partial charge < -0.3 is 9.84 Å². The van der Waals surface area contributed by atoms with E-state index in [1.54, 1.807) is 25.1 Å². The van der Waals surface area contributed by atoms with Gasteiger partial charge in [0.25, 0.3) is 5.91 Å². The second-order valence-electron chi connectivity index (χ2n) is 5.13. The van der Waals surface area contributed by atoms with Crippen molar-refractivity contribution in [1.82, 2.24) is 20.4 Å². The summed E-state index contributed by atoms with van der Waals surface area (Å²) in [5, 5.41) is 8.09. The van der Waals surface area contributed by atoms with Crippen LogP contribution in [0.1, 0.15) is 28.6 Å². The molecule has 23 heavy (non-hydrogen) atoms. The molecule has 0 spiro atoms. The van der Waals surface area contributed by atoms with Crippen LogP contribution in [0.15, 0.2) is 34.9 Å². The fourth-order valence-electron chi connectivity index (χ4n) is 2.19. The number of nitrogens with one attached hydrogen (secondary N) is 1. The summed E-state index contributed by atoms with van der Waals surface area (Å²) >= 11 is 5.95. The third-order valence-electron chi connectivity index (χ3n) is 3.31. The van der Waals surface area contributed by atoms with Crippen LogP contribution in [0.5, 0.6) is 0 Å². The van der Waals surface area contributed by atoms with Crippen LogP contribution in [-0.4, -0.2) is 27.6 Å². The van der Waals surface area contributed by atoms with Crippen molar-refractivity contribution >= 4 is 28.4 Å². The molecule has 2 aromatic heterocycles. The number of fused-ring (bicyclic) bond motifs is 1. The number of benzene rings is 1. The molecule has 1 amide bonds. The Morgan fingerprint density at radius 3 is 2.87 bits per heavy atom. The maximum Gasteiger partial charge on any atom is 0.269 e. The summed E-state index contributed by atoms with van der Waals surface area (Å²) in [6.45, 7) is 2.28. The quantitative estimate of drug-likeness (QED) is 0.727. The van der Waals surface area contributed by atoms with E-state index in [0.29, 0.717) is 47.3 Å². The summed E-state index contributed by atoms with van der Waals surface area (Å²) in [6, 6.07) is 8.97. The van der Waals surface area contributed by atoms with Gasteiger partial charge in [0.1, 0.15) is 5.69 Å². The topological polar surface area (TPSA) is 80.9 Å². The predicted molar refractivity (Wildman–Crippen MR) is 86.4 cm³/mol. The molecule has 1 aromatic carbocycles. The van der Waals surface area contributed by atoms with Crippen LogP contribution in [0.4, 0.5) is 0 Å². The molecule has 0 unspecified atom stereocenters. The van der Waals surface area contributed by atoms with Gasteiger partial charge in [-0.2, -0.15) is 4.98 Å². The molecule has 0 aliphatic rings. The molecule has 0 radical (unpaired) electrons. The molecule has 118 valence electrons. The lowest BCUT2D eigenvalue weighted by Crippen LogP contribution is -2.25. The molecule has 0 saturated heterocycles. The van der Waals surface area contributed by atoms with E-state index in [9.17, 15) is 4.79 Å². The molecule has 3 rings (SSSR count). The monoisotopic (exact) mass is 330 g/mol. The highest BCUT2D eigenvalue weighted by atomic mass is 35.5. The zero-order valence-corrected chi connectivity index (χ0v) is 13.3. The van der Waals surface area contributed by atoms with E-state index in [2.05, 4.69) is 20.4 Å². The summed E-state index contributed by atoms with van der Waals surface area (Å²) in [5.74, 6) is 0.979. The minimum Gasteiger partial charge on any atom is -0.351 e. The van der Waals surface area contributed by atoms with Crippen LogP contribution in [0.3, 0.4) is 0 Å². The first-order chi connectivity index (χ1) is 11.1. The Kier molecular flexibility index (Phi) is 4.52. The Bertz CT molecular complexity index is 847. The maximum absolute atomic E-state index is 12.1. The highest BCUT2D eigenvalue weighted by Gasteiger charge is 2.08. The first-order valence-corrected chi connectivity index (χ1v) is 7.63. The molecular weight excluding hydrogens is 316 g/mol. The Balaban J connectivity index is 1.57. The van der Waals surface area contributed by atoms with Gasteiger partial charge in [-0.05, 0) is 31.5 Å². The number of aromatic nitrogens is 3. The van der Waals surface area contributed by atoms with Gasteiger partial charge in [-0.3, -0.25) is 4.79 Å². The van der Waals surface area contributed by atoms with Crippen molar-refractivity contribution < 1.29 is 9.32 Å². The first-order valence-electron chi connectivity index (χ1n) is 7.25. The van der Waals surface area contributed by atoms with Gasteiger partial charge in [0, 0.05) is 23.4 Å². The van der Waals surface area contributed by atoms with E-state index in [1.165, 1.54) is 0 Å². The number of aryl methyl sites for hydroxylation is 2. The smallest absolute Gasteiger partial charge is 0.269 e. The molecule has 0 atom stereocenters. The number of nitrogens with zero attached hydrogens (tertiary/aromatic N) is 3. The van der Waals surface area contributed by atoms with E-state index in [-0.39, 0.29) is 5.91 Å². The van der Waals surface area contributed by atoms with Crippen LogP contribution in [-0.2, 0) is 6.42 Å². The second kappa shape index (κ2) is 6.75. The molecule has 2 heterocycles. The minimum atomic E-state index is -0.214. The van der Waals surface area contributed by atoms with Crippen molar-refractivity contribution in [2.75, 3.05) is 6.54 Å². The lowest BCUT2D eigenvalue weighted by Gasteiger charge is -2.05. The number of carbonyl (C=O) groups excluding carboxylic acids is 1. The summed E-state index contributed by atoms with van der Waals surface area (Å²) in [4.78, 5) is 20.6. The molecule has 0 saturated carbocycles. The molecule has 3 aromatic rings. The molecule has 0 fully saturated rings. The number of pyridine rings is 1. The Morgan fingerprint density at radius 1 is 1.26 bits per heavy atom. The van der Waals surface area contributed by atoms with Gasteiger partial charge in [0.15, 0.2) is 5.82 Å². The lowest BCUT2D eigenvalue weighted by molar-refractivity contribution is 0.0948. The van der Waals surface area contributed by atoms with Gasteiger partial charge >= 0.3 is 0 Å². The van der Waals surface area contributed by atoms with Crippen molar-refractivity contribution in [2.24, 2.45) is 0 Å². The number of hydrogen-bond acceptors (Lipinski definition) is 5. The largest absolute Gasteiger partial charge is 0.351 e. The second-order valence-corrected chi connectivity index (χ2v) is 5.56. The van der Waals surface area contributed by atoms with Crippen molar-refractivity contribution in [2.45, 2.75) is 19.8 Å². The van der Waals surface area contributed by atoms with E-state index in [0.717, 1.165) is 5.39 Å². The van der Waals surface area contributed by atoms with Crippen LogP contribution in [0.25, 0.3) is 10.9 Å². The predicted octanol–water partition coefficient (Wildman–Crippen LogP) is 2.94. The third-order valence-corrected chi connectivity index (χ3v) is 3.54. The normalized spacial score (nSPS) is 10.9. The summed E-state index contributed by atoms with van der Waals surface area (Å²) in [5.41, 5.74) is 1.07. The number of carbonyl (C=O) groups is 1. The lowest BCUT2D eigenvalue weighted by atomic mass is 10.2.